The predicted molar refractivity (Wildman–Crippen MR) is 124 cm³/mol. The van der Waals surface area contributed by atoms with Crippen molar-refractivity contribution < 1.29 is 0 Å². The van der Waals surface area contributed by atoms with Gasteiger partial charge in [0.1, 0.15) is 4.83 Å². The van der Waals surface area contributed by atoms with Crippen LogP contribution in [0.15, 0.2) is 52.9 Å². The van der Waals surface area contributed by atoms with E-state index in [-0.39, 0.29) is 5.56 Å². The molecule has 1 aromatic carbocycles. The first-order chi connectivity index (χ1) is 15.2. The summed E-state index contributed by atoms with van der Waals surface area (Å²) in [5, 5.41) is 13.6. The van der Waals surface area contributed by atoms with Gasteiger partial charge in [0.15, 0.2) is 11.0 Å². The monoisotopic (exact) mass is 450 g/mol. The zero-order valence-corrected chi connectivity index (χ0v) is 18.8. The average Bonchev–Trinajstić information content (AvgIpc) is 3.39. The second-order valence-electron chi connectivity index (χ2n) is 7.76. The Morgan fingerprint density at radius 3 is 2.97 bits per heavy atom. The van der Waals surface area contributed by atoms with Crippen LogP contribution in [0.25, 0.3) is 15.9 Å². The second-order valence-corrected chi connectivity index (χ2v) is 9.79. The van der Waals surface area contributed by atoms with Gasteiger partial charge >= 0.3 is 0 Å². The van der Waals surface area contributed by atoms with E-state index in [0.29, 0.717) is 29.2 Å². The van der Waals surface area contributed by atoms with Gasteiger partial charge in [-0.05, 0) is 53.3 Å². The number of aromatic nitrogens is 6. The van der Waals surface area contributed by atoms with Crippen LogP contribution in [-0.4, -0.2) is 29.8 Å². The van der Waals surface area contributed by atoms with Crippen molar-refractivity contribution in [3.05, 3.63) is 69.6 Å². The summed E-state index contributed by atoms with van der Waals surface area (Å²) in [6.45, 7) is 6.53. The lowest BCUT2D eigenvalue weighted by atomic mass is 9.89. The Labute approximate surface area is 187 Å². The number of aryl methyl sites for hydroxylation is 1. The summed E-state index contributed by atoms with van der Waals surface area (Å²) in [6.07, 6.45) is 4.86. The van der Waals surface area contributed by atoms with Crippen LogP contribution in [0, 0.1) is 5.92 Å². The highest BCUT2D eigenvalue weighted by Crippen LogP contribution is 2.36. The van der Waals surface area contributed by atoms with Crippen molar-refractivity contribution in [2.24, 2.45) is 5.92 Å². The molecule has 9 heteroatoms. The van der Waals surface area contributed by atoms with Gasteiger partial charge in [0, 0.05) is 11.4 Å². The van der Waals surface area contributed by atoms with E-state index in [4.69, 9.17) is 4.98 Å². The number of hydrogen-bond donors (Lipinski definition) is 0. The summed E-state index contributed by atoms with van der Waals surface area (Å²) in [5.74, 6) is 1.86. The molecule has 1 atom stereocenters. The molecule has 4 aromatic rings. The van der Waals surface area contributed by atoms with Crippen LogP contribution < -0.4 is 5.56 Å². The Morgan fingerprint density at radius 2 is 2.16 bits per heavy atom. The fraction of sp³-hybridized carbons (Fsp3) is 0.318. The van der Waals surface area contributed by atoms with Crippen molar-refractivity contribution in [1.82, 2.24) is 29.8 Å². The van der Waals surface area contributed by atoms with Crippen LogP contribution in [-0.2, 0) is 25.1 Å². The molecule has 1 aliphatic rings. The highest BCUT2D eigenvalue weighted by Gasteiger charge is 2.24. The lowest BCUT2D eigenvalue weighted by Crippen LogP contribution is -2.23. The number of hydrogen-bond acceptors (Lipinski definition) is 7. The van der Waals surface area contributed by atoms with Gasteiger partial charge in [-0.3, -0.25) is 9.36 Å². The quantitative estimate of drug-likeness (QED) is 0.251. The molecule has 3 aromatic heterocycles. The number of benzene rings is 1. The van der Waals surface area contributed by atoms with E-state index in [9.17, 15) is 4.79 Å². The van der Waals surface area contributed by atoms with E-state index in [1.807, 2.05) is 30.3 Å². The van der Waals surface area contributed by atoms with Crippen LogP contribution in [0.5, 0.6) is 0 Å². The van der Waals surface area contributed by atoms with Crippen LogP contribution >= 0.6 is 23.1 Å². The Bertz CT molecular complexity index is 1310. The predicted octanol–water partition coefficient (Wildman–Crippen LogP) is 4.04. The van der Waals surface area contributed by atoms with E-state index in [1.54, 1.807) is 26.7 Å². The van der Waals surface area contributed by atoms with E-state index in [1.165, 1.54) is 22.2 Å². The van der Waals surface area contributed by atoms with Crippen molar-refractivity contribution in [2.45, 2.75) is 43.6 Å². The summed E-state index contributed by atoms with van der Waals surface area (Å²) in [5.41, 5.74) is 2.13. The topological polar surface area (TPSA) is 78.5 Å². The second kappa shape index (κ2) is 8.39. The van der Waals surface area contributed by atoms with Crippen LogP contribution in [0.1, 0.15) is 29.6 Å². The molecule has 3 heterocycles. The van der Waals surface area contributed by atoms with E-state index < -0.39 is 0 Å². The smallest absolute Gasteiger partial charge is 0.263 e. The molecule has 0 saturated carbocycles. The molecular formula is C22H22N6OS2. The summed E-state index contributed by atoms with van der Waals surface area (Å²) in [4.78, 5) is 20.5. The van der Waals surface area contributed by atoms with Crippen molar-refractivity contribution in [3.63, 3.8) is 0 Å². The van der Waals surface area contributed by atoms with Gasteiger partial charge < -0.3 is 0 Å². The molecule has 0 unspecified atom stereocenters. The molecular weight excluding hydrogens is 428 g/mol. The molecule has 158 valence electrons. The number of para-hydroxylation sites is 1. The molecule has 0 saturated heterocycles. The van der Waals surface area contributed by atoms with Crippen LogP contribution in [0.3, 0.4) is 0 Å². The third-order valence-corrected chi connectivity index (χ3v) is 7.68. The Hall–Kier alpha value is -2.78. The van der Waals surface area contributed by atoms with Gasteiger partial charge in [0.05, 0.1) is 16.8 Å². The number of tetrazole rings is 1. The minimum absolute atomic E-state index is 0.0297. The summed E-state index contributed by atoms with van der Waals surface area (Å²) in [7, 11) is 0. The molecule has 0 bridgehead atoms. The normalized spacial score (nSPS) is 15.8. The van der Waals surface area contributed by atoms with Crippen molar-refractivity contribution in [1.29, 1.82) is 0 Å². The first-order valence-electron chi connectivity index (χ1n) is 10.3. The highest BCUT2D eigenvalue weighted by atomic mass is 32.2. The van der Waals surface area contributed by atoms with Crippen LogP contribution in [0.4, 0.5) is 0 Å². The highest BCUT2D eigenvalue weighted by molar-refractivity contribution is 7.98. The molecule has 1 aliphatic carbocycles. The minimum atomic E-state index is 0.0297. The number of nitrogens with zero attached hydrogens (tertiary/aromatic N) is 6. The zero-order valence-electron chi connectivity index (χ0n) is 17.2. The molecule has 0 amide bonds. The molecule has 0 aliphatic heterocycles. The van der Waals surface area contributed by atoms with Crippen LogP contribution in [0.2, 0.25) is 0 Å². The molecule has 0 spiro atoms. The summed E-state index contributed by atoms with van der Waals surface area (Å²) < 4.78 is 3.44. The van der Waals surface area contributed by atoms with Crippen molar-refractivity contribution in [3.8, 4) is 5.69 Å². The third-order valence-electron chi connectivity index (χ3n) is 5.56. The average molecular weight is 451 g/mol. The summed E-state index contributed by atoms with van der Waals surface area (Å²) >= 11 is 3.15. The zero-order chi connectivity index (χ0) is 21.4. The number of thiophene rings is 1. The lowest BCUT2D eigenvalue weighted by molar-refractivity contribution is 0.509. The Kier molecular flexibility index (Phi) is 5.45. The maximum absolute atomic E-state index is 13.4. The van der Waals surface area contributed by atoms with Gasteiger partial charge in [0.25, 0.3) is 5.56 Å². The molecule has 7 nitrogen and oxygen atoms in total. The Balaban J connectivity index is 1.52. The van der Waals surface area contributed by atoms with Crippen molar-refractivity contribution >= 4 is 33.3 Å². The number of allylic oxidation sites excluding steroid dienone is 1. The van der Waals surface area contributed by atoms with Gasteiger partial charge in [-0.2, -0.15) is 4.68 Å². The van der Waals surface area contributed by atoms with Crippen molar-refractivity contribution in [2.75, 3.05) is 0 Å². The van der Waals surface area contributed by atoms with Gasteiger partial charge in [-0.15, -0.1) is 23.0 Å². The maximum Gasteiger partial charge on any atom is 0.263 e. The molecule has 31 heavy (non-hydrogen) atoms. The fourth-order valence-electron chi connectivity index (χ4n) is 4.00. The first-order valence-corrected chi connectivity index (χ1v) is 12.1. The standard InChI is InChI=1S/C22H22N6OS2/c1-3-11-27-21(29)19-16-10-9-14(2)12-17(16)31-20(19)23-22(27)30-13-18-24-25-26-28(18)15-7-5-4-6-8-15/h3-8,14H,1,9-13H2,2H3/t14-/m1/s1. The SMILES string of the molecule is C=CCn1c(SCc2nnnn2-c2ccccc2)nc2sc3c(c2c1=O)CC[C@@H](C)C3. The first kappa shape index (κ1) is 20.1. The lowest BCUT2D eigenvalue weighted by Gasteiger charge is -2.17. The maximum atomic E-state index is 13.4. The minimum Gasteiger partial charge on any atom is -0.283 e. The Morgan fingerprint density at radius 1 is 1.32 bits per heavy atom. The van der Waals surface area contributed by atoms with Gasteiger partial charge in [-0.1, -0.05) is 43.0 Å². The number of thioether (sulfide) groups is 1. The molecule has 0 radical (unpaired) electrons. The summed E-state index contributed by atoms with van der Waals surface area (Å²) in [6, 6.07) is 9.77. The number of rotatable bonds is 6. The third kappa shape index (κ3) is 3.72. The largest absolute Gasteiger partial charge is 0.283 e. The van der Waals surface area contributed by atoms with E-state index in [2.05, 4.69) is 29.0 Å². The fourth-order valence-corrected chi connectivity index (χ4v) is 6.34. The van der Waals surface area contributed by atoms with Gasteiger partial charge in [0.2, 0.25) is 0 Å². The molecule has 0 N–H and O–H groups in total. The van der Waals surface area contributed by atoms with Gasteiger partial charge in [-0.25, -0.2) is 4.98 Å². The van der Waals surface area contributed by atoms with E-state index in [0.717, 1.165) is 35.2 Å². The molecule has 5 rings (SSSR count). The number of fused-ring (bicyclic) bond motifs is 3. The molecule has 0 fully saturated rings. The van der Waals surface area contributed by atoms with E-state index >= 15 is 0 Å².